The number of amides is 1. The molecule has 5 nitrogen and oxygen atoms in total. The van der Waals surface area contributed by atoms with Crippen LogP contribution in [0.1, 0.15) is 43.6 Å². The second-order valence-corrected chi connectivity index (χ2v) is 8.11. The molecule has 1 aromatic carbocycles. The third-order valence-corrected chi connectivity index (χ3v) is 5.31. The molecule has 0 radical (unpaired) electrons. The number of aryl methyl sites for hydroxylation is 1. The van der Waals surface area contributed by atoms with Crippen LogP contribution in [-0.4, -0.2) is 33.4 Å². The van der Waals surface area contributed by atoms with Crippen LogP contribution in [0.3, 0.4) is 0 Å². The van der Waals surface area contributed by atoms with Crippen LogP contribution in [-0.2, 0) is 6.42 Å². The van der Waals surface area contributed by atoms with Gasteiger partial charge in [0.2, 0.25) is 0 Å². The fourth-order valence-corrected chi connectivity index (χ4v) is 3.33. The van der Waals surface area contributed by atoms with Gasteiger partial charge in [-0.05, 0) is 56.5 Å². The van der Waals surface area contributed by atoms with Crippen molar-refractivity contribution in [2.45, 2.75) is 39.7 Å². The maximum absolute atomic E-state index is 12.9. The van der Waals surface area contributed by atoms with Crippen molar-refractivity contribution in [3.05, 3.63) is 46.7 Å². The Balaban J connectivity index is 2.08. The van der Waals surface area contributed by atoms with Crippen molar-refractivity contribution in [2.75, 3.05) is 12.8 Å². The minimum Gasteiger partial charge on any atom is -0.398 e. The molecular weight excluding hydrogens is 360 g/mol. The van der Waals surface area contributed by atoms with Crippen LogP contribution < -0.4 is 5.73 Å². The topological polar surface area (TPSA) is 75.0 Å². The van der Waals surface area contributed by atoms with Gasteiger partial charge in [0.1, 0.15) is 10.8 Å². The molecule has 3 rings (SSSR count). The number of aromatic amines is 1. The molecule has 0 atom stereocenters. The lowest BCUT2D eigenvalue weighted by molar-refractivity contribution is 0.0657. The second kappa shape index (κ2) is 6.89. The first-order valence-corrected chi connectivity index (χ1v) is 9.35. The van der Waals surface area contributed by atoms with Crippen LogP contribution >= 0.6 is 11.6 Å². The average Bonchev–Trinajstić information content (AvgIpc) is 2.94. The van der Waals surface area contributed by atoms with Crippen LogP contribution in [0.4, 0.5) is 5.69 Å². The van der Waals surface area contributed by atoms with E-state index in [4.69, 9.17) is 17.3 Å². The number of nitrogens with two attached hydrogens (primary N) is 1. The zero-order valence-electron chi connectivity index (χ0n) is 16.4. The molecule has 2 aromatic heterocycles. The molecule has 0 spiro atoms. The molecule has 2 heterocycles. The molecule has 0 fully saturated rings. The Morgan fingerprint density at radius 3 is 2.59 bits per heavy atom. The third kappa shape index (κ3) is 3.52. The van der Waals surface area contributed by atoms with Crippen molar-refractivity contribution in [3.8, 4) is 11.1 Å². The Morgan fingerprint density at radius 1 is 1.26 bits per heavy atom. The van der Waals surface area contributed by atoms with E-state index >= 15 is 0 Å². The van der Waals surface area contributed by atoms with Gasteiger partial charge in [0, 0.05) is 35.4 Å². The summed E-state index contributed by atoms with van der Waals surface area (Å²) in [6, 6.07) is 7.57. The number of carbonyl (C=O) groups excluding carboxylic acids is 1. The van der Waals surface area contributed by atoms with Crippen molar-refractivity contribution in [1.29, 1.82) is 0 Å². The van der Waals surface area contributed by atoms with Gasteiger partial charge >= 0.3 is 0 Å². The van der Waals surface area contributed by atoms with Gasteiger partial charge in [0.05, 0.1) is 5.56 Å². The third-order valence-electron chi connectivity index (χ3n) is 4.99. The SMILES string of the molecule is CCc1c(Cl)[nH]c2ncc(-c3ccc(N)c(C(=O)N(C)C(C)(C)C)c3)cc12. The molecule has 0 saturated carbocycles. The van der Waals surface area contributed by atoms with E-state index in [0.29, 0.717) is 16.4 Å². The molecule has 6 heteroatoms. The lowest BCUT2D eigenvalue weighted by atomic mass is 9.99. The molecule has 0 aliphatic heterocycles. The van der Waals surface area contributed by atoms with Gasteiger partial charge in [-0.25, -0.2) is 4.98 Å². The van der Waals surface area contributed by atoms with Gasteiger partial charge in [-0.1, -0.05) is 24.6 Å². The molecular formula is C21H25ClN4O. The second-order valence-electron chi connectivity index (χ2n) is 7.73. The fourth-order valence-electron chi connectivity index (χ4n) is 3.00. The number of aromatic nitrogens is 2. The van der Waals surface area contributed by atoms with E-state index in [1.165, 1.54) is 0 Å². The summed E-state index contributed by atoms with van der Waals surface area (Å²) >= 11 is 6.27. The highest BCUT2D eigenvalue weighted by Gasteiger charge is 2.25. The van der Waals surface area contributed by atoms with Crippen LogP contribution in [0.25, 0.3) is 22.2 Å². The Morgan fingerprint density at radius 2 is 1.96 bits per heavy atom. The number of pyridine rings is 1. The standard InChI is InChI=1S/C21H25ClN4O/c1-6-14-15-10-13(11-24-19(15)25-18(14)22)12-7-8-17(23)16(9-12)20(27)26(5)21(2,3)4/h7-11H,6,23H2,1-5H3,(H,24,25). The first kappa shape index (κ1) is 19.2. The largest absolute Gasteiger partial charge is 0.398 e. The van der Waals surface area contributed by atoms with Crippen molar-refractivity contribution >= 4 is 34.2 Å². The zero-order valence-corrected chi connectivity index (χ0v) is 17.1. The Kier molecular flexibility index (Phi) is 4.91. The number of hydrogen-bond donors (Lipinski definition) is 2. The molecule has 0 unspecified atom stereocenters. The van der Waals surface area contributed by atoms with Gasteiger partial charge in [-0.2, -0.15) is 0 Å². The summed E-state index contributed by atoms with van der Waals surface area (Å²) in [5.41, 5.74) is 10.4. The van der Waals surface area contributed by atoms with E-state index in [1.807, 2.05) is 32.9 Å². The molecule has 0 bridgehead atoms. The van der Waals surface area contributed by atoms with Crippen LogP contribution in [0, 0.1) is 0 Å². The molecule has 3 N–H and O–H groups in total. The quantitative estimate of drug-likeness (QED) is 0.630. The number of hydrogen-bond acceptors (Lipinski definition) is 3. The molecule has 0 aliphatic rings. The highest BCUT2D eigenvalue weighted by Crippen LogP contribution is 2.31. The number of nitrogens with zero attached hydrogens (tertiary/aromatic N) is 2. The average molecular weight is 385 g/mol. The molecule has 27 heavy (non-hydrogen) atoms. The van der Waals surface area contributed by atoms with Crippen LogP contribution in [0.2, 0.25) is 5.15 Å². The maximum Gasteiger partial charge on any atom is 0.256 e. The lowest BCUT2D eigenvalue weighted by Gasteiger charge is -2.32. The summed E-state index contributed by atoms with van der Waals surface area (Å²) in [6.07, 6.45) is 2.59. The molecule has 0 aliphatic carbocycles. The minimum atomic E-state index is -0.294. The predicted molar refractivity (Wildman–Crippen MR) is 112 cm³/mol. The number of rotatable bonds is 3. The number of H-pyrrole nitrogens is 1. The van der Waals surface area contributed by atoms with E-state index in [-0.39, 0.29) is 11.4 Å². The lowest BCUT2D eigenvalue weighted by Crippen LogP contribution is -2.42. The maximum atomic E-state index is 12.9. The van der Waals surface area contributed by atoms with E-state index < -0.39 is 0 Å². The van der Waals surface area contributed by atoms with Crippen molar-refractivity contribution in [2.24, 2.45) is 0 Å². The first-order valence-electron chi connectivity index (χ1n) is 8.97. The Hall–Kier alpha value is -2.53. The highest BCUT2D eigenvalue weighted by molar-refractivity contribution is 6.31. The number of halogens is 1. The minimum absolute atomic E-state index is 0.102. The van der Waals surface area contributed by atoms with Crippen LogP contribution in [0.5, 0.6) is 0 Å². The van der Waals surface area contributed by atoms with Crippen molar-refractivity contribution in [1.82, 2.24) is 14.9 Å². The summed E-state index contributed by atoms with van der Waals surface area (Å²) in [5, 5.41) is 1.62. The summed E-state index contributed by atoms with van der Waals surface area (Å²) < 4.78 is 0. The number of fused-ring (bicyclic) bond motifs is 1. The summed E-state index contributed by atoms with van der Waals surface area (Å²) in [7, 11) is 1.79. The zero-order chi connectivity index (χ0) is 19.9. The number of nitrogens with one attached hydrogen (secondary N) is 1. The van der Waals surface area contributed by atoms with E-state index in [2.05, 4.69) is 23.0 Å². The normalized spacial score (nSPS) is 11.8. The molecule has 1 amide bonds. The fraction of sp³-hybridized carbons (Fsp3) is 0.333. The molecule has 0 saturated heterocycles. The Bertz CT molecular complexity index is 1020. The number of benzene rings is 1. The number of carbonyl (C=O) groups is 1. The highest BCUT2D eigenvalue weighted by atomic mass is 35.5. The van der Waals surface area contributed by atoms with Gasteiger partial charge < -0.3 is 15.6 Å². The van der Waals surface area contributed by atoms with Crippen molar-refractivity contribution in [3.63, 3.8) is 0 Å². The molecule has 3 aromatic rings. The monoisotopic (exact) mass is 384 g/mol. The smallest absolute Gasteiger partial charge is 0.256 e. The number of nitrogen functional groups attached to an aromatic ring is 1. The molecule has 142 valence electrons. The van der Waals surface area contributed by atoms with E-state index in [1.54, 1.807) is 24.2 Å². The van der Waals surface area contributed by atoms with Crippen LogP contribution in [0.15, 0.2) is 30.5 Å². The summed E-state index contributed by atoms with van der Waals surface area (Å²) in [6.45, 7) is 8.03. The van der Waals surface area contributed by atoms with Gasteiger partial charge in [0.25, 0.3) is 5.91 Å². The van der Waals surface area contributed by atoms with Gasteiger partial charge in [0.15, 0.2) is 0 Å². The summed E-state index contributed by atoms with van der Waals surface area (Å²) in [5.74, 6) is -0.102. The Labute approximate surface area is 164 Å². The first-order chi connectivity index (χ1) is 12.6. The number of anilines is 1. The summed E-state index contributed by atoms with van der Waals surface area (Å²) in [4.78, 5) is 22.2. The van der Waals surface area contributed by atoms with Gasteiger partial charge in [-0.3, -0.25) is 4.79 Å². The van der Waals surface area contributed by atoms with Crippen molar-refractivity contribution < 1.29 is 4.79 Å². The van der Waals surface area contributed by atoms with Gasteiger partial charge in [-0.15, -0.1) is 0 Å². The predicted octanol–water partition coefficient (Wildman–Crippen LogP) is 4.90. The van der Waals surface area contributed by atoms with E-state index in [9.17, 15) is 4.79 Å². The van der Waals surface area contributed by atoms with E-state index in [0.717, 1.165) is 34.1 Å².